The molecule has 0 aliphatic carbocycles. The van der Waals surface area contributed by atoms with E-state index in [4.69, 9.17) is 10.8 Å². The Morgan fingerprint density at radius 1 is 1.56 bits per heavy atom. The highest BCUT2D eigenvalue weighted by molar-refractivity contribution is 7.18. The zero-order valence-electron chi connectivity index (χ0n) is 8.60. The zero-order chi connectivity index (χ0) is 11.7. The number of nitrogen functional groups attached to an aromatic ring is 1. The first-order chi connectivity index (χ1) is 7.61. The lowest BCUT2D eigenvalue weighted by Gasteiger charge is -1.98. The number of pyridine rings is 1. The Kier molecular flexibility index (Phi) is 2.62. The average Bonchev–Trinajstić information content (AvgIpc) is 2.58. The highest BCUT2D eigenvalue weighted by atomic mass is 32.1. The Morgan fingerprint density at radius 2 is 2.31 bits per heavy atom. The van der Waals surface area contributed by atoms with E-state index in [1.54, 1.807) is 12.4 Å². The first kappa shape index (κ1) is 10.6. The summed E-state index contributed by atoms with van der Waals surface area (Å²) in [5, 5.41) is 8.97. The van der Waals surface area contributed by atoms with Crippen molar-refractivity contribution in [2.45, 2.75) is 6.92 Å². The first-order valence-corrected chi connectivity index (χ1v) is 5.45. The molecule has 16 heavy (non-hydrogen) atoms. The molecular formula is C11H10N2O2S. The van der Waals surface area contributed by atoms with Gasteiger partial charge in [0.15, 0.2) is 0 Å². The van der Waals surface area contributed by atoms with E-state index in [-0.39, 0.29) is 4.88 Å². The van der Waals surface area contributed by atoms with Crippen molar-refractivity contribution in [3.63, 3.8) is 0 Å². The number of carboxylic acid groups (broad SMARTS) is 1. The molecule has 82 valence electrons. The molecular weight excluding hydrogens is 224 g/mol. The molecule has 0 unspecified atom stereocenters. The highest BCUT2D eigenvalue weighted by Crippen LogP contribution is 2.37. The molecule has 0 spiro atoms. The normalized spacial score (nSPS) is 10.3. The second-order valence-corrected chi connectivity index (χ2v) is 4.37. The van der Waals surface area contributed by atoms with E-state index >= 15 is 0 Å². The molecule has 3 N–H and O–H groups in total. The lowest BCUT2D eigenvalue weighted by atomic mass is 10.1. The Bertz CT molecular complexity index is 534. The predicted molar refractivity (Wildman–Crippen MR) is 63.7 cm³/mol. The fourth-order valence-corrected chi connectivity index (χ4v) is 2.51. The third-order valence-corrected chi connectivity index (χ3v) is 3.66. The molecule has 0 saturated heterocycles. The van der Waals surface area contributed by atoms with Gasteiger partial charge in [0.2, 0.25) is 0 Å². The van der Waals surface area contributed by atoms with E-state index < -0.39 is 5.97 Å². The van der Waals surface area contributed by atoms with E-state index in [1.807, 2.05) is 19.1 Å². The Morgan fingerprint density at radius 3 is 2.81 bits per heavy atom. The number of carboxylic acids is 1. The van der Waals surface area contributed by atoms with Gasteiger partial charge in [-0.3, -0.25) is 4.98 Å². The molecule has 2 heterocycles. The Balaban J connectivity index is 2.60. The standard InChI is InChI=1S/C11H10N2O2S/c1-6-8(12)10(11(14)15)16-9(6)7-3-2-4-13-5-7/h2-5H,12H2,1H3,(H,14,15). The third-order valence-electron chi connectivity index (χ3n) is 2.31. The summed E-state index contributed by atoms with van der Waals surface area (Å²) in [6.07, 6.45) is 3.37. The smallest absolute Gasteiger partial charge is 0.348 e. The van der Waals surface area contributed by atoms with Gasteiger partial charge >= 0.3 is 5.97 Å². The molecule has 0 atom stereocenters. The number of hydrogen-bond donors (Lipinski definition) is 2. The molecule has 0 radical (unpaired) electrons. The first-order valence-electron chi connectivity index (χ1n) is 4.64. The fraction of sp³-hybridized carbons (Fsp3) is 0.0909. The topological polar surface area (TPSA) is 76.2 Å². The summed E-state index contributed by atoms with van der Waals surface area (Å²) in [5.41, 5.74) is 7.79. The van der Waals surface area contributed by atoms with E-state index in [0.29, 0.717) is 5.69 Å². The average molecular weight is 234 g/mol. The molecule has 5 heteroatoms. The summed E-state index contributed by atoms with van der Waals surface area (Å²) in [7, 11) is 0. The van der Waals surface area contributed by atoms with Gasteiger partial charge in [-0.15, -0.1) is 11.3 Å². The maximum Gasteiger partial charge on any atom is 0.348 e. The van der Waals surface area contributed by atoms with Crippen molar-refractivity contribution in [2.24, 2.45) is 0 Å². The molecule has 2 aromatic heterocycles. The van der Waals surface area contributed by atoms with Crippen LogP contribution in [0.1, 0.15) is 15.2 Å². The molecule has 4 nitrogen and oxygen atoms in total. The van der Waals surface area contributed by atoms with Gasteiger partial charge in [-0.1, -0.05) is 6.07 Å². The lowest BCUT2D eigenvalue weighted by Crippen LogP contribution is -1.97. The minimum atomic E-state index is -0.985. The molecule has 2 rings (SSSR count). The van der Waals surface area contributed by atoms with Crippen LogP contribution in [0.2, 0.25) is 0 Å². The minimum Gasteiger partial charge on any atom is -0.477 e. The fourth-order valence-electron chi connectivity index (χ4n) is 1.46. The molecule has 0 fully saturated rings. The number of nitrogens with zero attached hydrogens (tertiary/aromatic N) is 1. The number of nitrogens with two attached hydrogens (primary N) is 1. The molecule has 0 aliphatic rings. The minimum absolute atomic E-state index is 0.191. The van der Waals surface area contributed by atoms with Crippen LogP contribution in [-0.4, -0.2) is 16.1 Å². The molecule has 0 aliphatic heterocycles. The van der Waals surface area contributed by atoms with Crippen LogP contribution >= 0.6 is 11.3 Å². The molecule has 0 aromatic carbocycles. The van der Waals surface area contributed by atoms with Crippen LogP contribution in [0.4, 0.5) is 5.69 Å². The van der Waals surface area contributed by atoms with Crippen molar-refractivity contribution in [3.8, 4) is 10.4 Å². The SMILES string of the molecule is Cc1c(-c2cccnc2)sc(C(=O)O)c1N. The van der Waals surface area contributed by atoms with Crippen molar-refractivity contribution >= 4 is 23.0 Å². The summed E-state index contributed by atoms with van der Waals surface area (Å²) >= 11 is 1.18. The third kappa shape index (κ3) is 1.65. The van der Waals surface area contributed by atoms with E-state index in [2.05, 4.69) is 4.98 Å². The van der Waals surface area contributed by atoms with Crippen LogP contribution in [0.25, 0.3) is 10.4 Å². The lowest BCUT2D eigenvalue weighted by molar-refractivity contribution is 0.0703. The van der Waals surface area contributed by atoms with Crippen LogP contribution in [0.3, 0.4) is 0 Å². The van der Waals surface area contributed by atoms with Gasteiger partial charge in [0, 0.05) is 22.8 Å². The monoisotopic (exact) mass is 234 g/mol. The summed E-state index contributed by atoms with van der Waals surface area (Å²) in [5.74, 6) is -0.985. The zero-order valence-corrected chi connectivity index (χ0v) is 9.41. The molecule has 0 saturated carbocycles. The maximum absolute atomic E-state index is 10.9. The largest absolute Gasteiger partial charge is 0.477 e. The summed E-state index contributed by atoms with van der Waals surface area (Å²) < 4.78 is 0. The van der Waals surface area contributed by atoms with Crippen molar-refractivity contribution in [1.82, 2.24) is 4.98 Å². The van der Waals surface area contributed by atoms with Crippen LogP contribution in [0.5, 0.6) is 0 Å². The van der Waals surface area contributed by atoms with Crippen molar-refractivity contribution < 1.29 is 9.90 Å². The van der Waals surface area contributed by atoms with Gasteiger partial charge in [0.1, 0.15) is 4.88 Å². The Hall–Kier alpha value is -1.88. The van der Waals surface area contributed by atoms with Gasteiger partial charge < -0.3 is 10.8 Å². The highest BCUT2D eigenvalue weighted by Gasteiger charge is 2.18. The van der Waals surface area contributed by atoms with Gasteiger partial charge in [-0.25, -0.2) is 4.79 Å². The van der Waals surface area contributed by atoms with Gasteiger partial charge in [-0.2, -0.15) is 0 Å². The Labute approximate surface area is 96.4 Å². The molecule has 0 amide bonds. The number of hydrogen-bond acceptors (Lipinski definition) is 4. The number of thiophene rings is 1. The number of anilines is 1. The number of aromatic carboxylic acids is 1. The second kappa shape index (κ2) is 3.94. The summed E-state index contributed by atoms with van der Waals surface area (Å²) in [6, 6.07) is 3.70. The second-order valence-electron chi connectivity index (χ2n) is 3.35. The molecule has 2 aromatic rings. The van der Waals surface area contributed by atoms with Crippen LogP contribution < -0.4 is 5.73 Å². The van der Waals surface area contributed by atoms with Crippen molar-refractivity contribution in [3.05, 3.63) is 35.0 Å². The quantitative estimate of drug-likeness (QED) is 0.836. The predicted octanol–water partition coefficient (Wildman–Crippen LogP) is 2.40. The van der Waals surface area contributed by atoms with Crippen LogP contribution in [0.15, 0.2) is 24.5 Å². The van der Waals surface area contributed by atoms with Crippen molar-refractivity contribution in [2.75, 3.05) is 5.73 Å². The van der Waals surface area contributed by atoms with E-state index in [1.165, 1.54) is 11.3 Å². The summed E-state index contributed by atoms with van der Waals surface area (Å²) in [6.45, 7) is 1.82. The van der Waals surface area contributed by atoms with Crippen LogP contribution in [-0.2, 0) is 0 Å². The molecule has 0 bridgehead atoms. The number of aromatic nitrogens is 1. The number of carbonyl (C=O) groups is 1. The van der Waals surface area contributed by atoms with Gasteiger partial charge in [-0.05, 0) is 18.6 Å². The maximum atomic E-state index is 10.9. The van der Waals surface area contributed by atoms with E-state index in [9.17, 15) is 4.79 Å². The van der Waals surface area contributed by atoms with Crippen LogP contribution in [0, 0.1) is 6.92 Å². The van der Waals surface area contributed by atoms with E-state index in [0.717, 1.165) is 16.0 Å². The van der Waals surface area contributed by atoms with Crippen molar-refractivity contribution in [1.29, 1.82) is 0 Å². The number of rotatable bonds is 2. The van der Waals surface area contributed by atoms with Gasteiger partial charge in [0.05, 0.1) is 5.69 Å². The van der Waals surface area contributed by atoms with Gasteiger partial charge in [0.25, 0.3) is 0 Å². The summed E-state index contributed by atoms with van der Waals surface area (Å²) in [4.78, 5) is 16.0.